The molecule has 3 rings (SSSR count). The van der Waals surface area contributed by atoms with Gasteiger partial charge in [0.15, 0.2) is 0 Å². The monoisotopic (exact) mass is 407 g/mol. The van der Waals surface area contributed by atoms with Crippen molar-refractivity contribution in [3.8, 4) is 5.75 Å². The Morgan fingerprint density at radius 3 is 2.50 bits per heavy atom. The smallest absolute Gasteiger partial charge is 0.221 e. The van der Waals surface area contributed by atoms with Crippen LogP contribution in [0.2, 0.25) is 0 Å². The van der Waals surface area contributed by atoms with Crippen LogP contribution in [0.25, 0.3) is 6.08 Å². The van der Waals surface area contributed by atoms with Crippen LogP contribution in [-0.2, 0) is 14.9 Å². The number of hydrogen-bond acceptors (Lipinski definition) is 6. The molecule has 0 radical (unpaired) electrons. The van der Waals surface area contributed by atoms with E-state index in [-0.39, 0.29) is 12.6 Å². The molecular formula is C20H29N3O4S. The van der Waals surface area contributed by atoms with Gasteiger partial charge in [0.25, 0.3) is 0 Å². The molecule has 154 valence electrons. The Kier molecular flexibility index (Phi) is 6.90. The van der Waals surface area contributed by atoms with Gasteiger partial charge in [0.1, 0.15) is 11.0 Å². The minimum absolute atomic E-state index is 0.170. The Morgan fingerprint density at radius 2 is 1.89 bits per heavy atom. The van der Waals surface area contributed by atoms with E-state index < -0.39 is 15.3 Å². The van der Waals surface area contributed by atoms with Crippen LogP contribution in [0.5, 0.6) is 5.75 Å². The Hall–Kier alpha value is -1.71. The summed E-state index contributed by atoms with van der Waals surface area (Å²) in [6, 6.07) is 7.30. The third-order valence-electron chi connectivity index (χ3n) is 5.31. The number of likely N-dealkylation sites (N-methyl/N-ethyl adjacent to an activating group) is 1. The number of hydrogen-bond donors (Lipinski definition) is 0. The molecule has 1 aromatic rings. The summed E-state index contributed by atoms with van der Waals surface area (Å²) < 4.78 is 33.2. The summed E-state index contributed by atoms with van der Waals surface area (Å²) in [4.78, 5) is 7.78. The van der Waals surface area contributed by atoms with Gasteiger partial charge in [-0.2, -0.15) is 9.37 Å². The van der Waals surface area contributed by atoms with Gasteiger partial charge in [-0.05, 0) is 17.7 Å². The quantitative estimate of drug-likeness (QED) is 0.638. The maximum atomic E-state index is 13.2. The predicted octanol–water partition coefficient (Wildman–Crippen LogP) is 1.46. The third-order valence-corrected chi connectivity index (χ3v) is 7.57. The lowest BCUT2D eigenvalue weighted by Gasteiger charge is -2.35. The van der Waals surface area contributed by atoms with E-state index in [1.165, 1.54) is 0 Å². The van der Waals surface area contributed by atoms with Crippen LogP contribution in [0.15, 0.2) is 43.0 Å². The highest BCUT2D eigenvalue weighted by Crippen LogP contribution is 2.26. The normalized spacial score (nSPS) is 25.4. The first-order valence-corrected chi connectivity index (χ1v) is 11.0. The van der Waals surface area contributed by atoms with Crippen LogP contribution in [0.1, 0.15) is 5.56 Å². The van der Waals surface area contributed by atoms with Crippen molar-refractivity contribution in [1.29, 1.82) is 0 Å². The van der Waals surface area contributed by atoms with Gasteiger partial charge in [0, 0.05) is 39.8 Å². The number of piperazine rings is 1. The molecule has 7 nitrogen and oxygen atoms in total. The number of hydroxylamine groups is 2. The van der Waals surface area contributed by atoms with E-state index in [0.717, 1.165) is 30.9 Å². The molecule has 0 aliphatic carbocycles. The molecule has 28 heavy (non-hydrogen) atoms. The van der Waals surface area contributed by atoms with E-state index in [2.05, 4.69) is 11.5 Å². The lowest BCUT2D eigenvalue weighted by molar-refractivity contribution is -0.100. The van der Waals surface area contributed by atoms with E-state index in [1.807, 2.05) is 42.5 Å². The van der Waals surface area contributed by atoms with Crippen LogP contribution in [0.3, 0.4) is 0 Å². The number of sulfonamides is 1. The summed E-state index contributed by atoms with van der Waals surface area (Å²) in [5.41, 5.74) is 0.982. The molecule has 0 spiro atoms. The fourth-order valence-electron chi connectivity index (χ4n) is 3.58. The molecule has 2 fully saturated rings. The fraction of sp³-hybridized carbons (Fsp3) is 0.500. The second kappa shape index (κ2) is 9.19. The van der Waals surface area contributed by atoms with E-state index in [0.29, 0.717) is 13.1 Å². The number of rotatable bonds is 7. The fourth-order valence-corrected chi connectivity index (χ4v) is 5.49. The van der Waals surface area contributed by atoms with Gasteiger partial charge in [-0.25, -0.2) is 8.42 Å². The molecule has 0 bridgehead atoms. The SMILES string of the molecule is C=CCN1CCN(S(=O)(=O)[C@H]2CON(C)[C@H]2/C=C/c2ccc(OC)cc2)CC1. The molecule has 8 heteroatoms. The van der Waals surface area contributed by atoms with E-state index in [1.54, 1.807) is 23.5 Å². The summed E-state index contributed by atoms with van der Waals surface area (Å²) in [5.74, 6) is 0.787. The number of ether oxygens (including phenoxy) is 1. The summed E-state index contributed by atoms with van der Waals surface area (Å²) in [7, 11) is -0.0487. The largest absolute Gasteiger partial charge is 0.497 e. The maximum absolute atomic E-state index is 13.2. The lowest BCUT2D eigenvalue weighted by Crippen LogP contribution is -2.53. The molecule has 2 aliphatic heterocycles. The molecule has 0 amide bonds. The molecule has 2 heterocycles. The highest BCUT2D eigenvalue weighted by atomic mass is 32.2. The van der Waals surface area contributed by atoms with Gasteiger partial charge in [-0.15, -0.1) is 6.58 Å². The number of methoxy groups -OCH3 is 1. The second-order valence-electron chi connectivity index (χ2n) is 7.04. The van der Waals surface area contributed by atoms with Crippen molar-refractivity contribution in [2.45, 2.75) is 11.3 Å². The number of benzene rings is 1. The molecule has 2 atom stereocenters. The van der Waals surface area contributed by atoms with E-state index in [9.17, 15) is 8.42 Å². The van der Waals surface area contributed by atoms with Crippen molar-refractivity contribution < 1.29 is 18.0 Å². The Morgan fingerprint density at radius 1 is 1.21 bits per heavy atom. The standard InChI is InChI=1S/C20H29N3O4S/c1-4-11-22-12-14-23(15-13-22)28(24,25)20-16-27-21(2)19(20)10-7-17-5-8-18(26-3)9-6-17/h4-10,19-20H,1,11-16H2,2-3H3/b10-7+/t19-,20-/m0/s1. The van der Waals surface area contributed by atoms with Crippen molar-refractivity contribution in [2.75, 3.05) is 53.5 Å². The van der Waals surface area contributed by atoms with Crippen molar-refractivity contribution in [1.82, 2.24) is 14.3 Å². The first-order chi connectivity index (χ1) is 13.5. The zero-order valence-corrected chi connectivity index (χ0v) is 17.3. The summed E-state index contributed by atoms with van der Waals surface area (Å²) in [6.45, 7) is 7.16. The van der Waals surface area contributed by atoms with Gasteiger partial charge in [-0.3, -0.25) is 9.74 Å². The molecule has 2 saturated heterocycles. The number of nitrogens with zero attached hydrogens (tertiary/aromatic N) is 3. The zero-order chi connectivity index (χ0) is 20.1. The lowest BCUT2D eigenvalue weighted by atomic mass is 10.1. The van der Waals surface area contributed by atoms with E-state index >= 15 is 0 Å². The van der Waals surface area contributed by atoms with Crippen molar-refractivity contribution in [3.05, 3.63) is 48.6 Å². The molecule has 0 aromatic heterocycles. The van der Waals surface area contributed by atoms with Gasteiger partial charge >= 0.3 is 0 Å². The van der Waals surface area contributed by atoms with Gasteiger partial charge < -0.3 is 4.74 Å². The van der Waals surface area contributed by atoms with Crippen LogP contribution in [0.4, 0.5) is 0 Å². The second-order valence-corrected chi connectivity index (χ2v) is 9.19. The topological polar surface area (TPSA) is 62.3 Å². The summed E-state index contributed by atoms with van der Waals surface area (Å²) in [5, 5.41) is 1.02. The van der Waals surface area contributed by atoms with Crippen molar-refractivity contribution in [2.24, 2.45) is 0 Å². The van der Waals surface area contributed by atoms with Crippen molar-refractivity contribution >= 4 is 16.1 Å². The first kappa shape index (κ1) is 21.0. The van der Waals surface area contributed by atoms with Gasteiger partial charge in [-0.1, -0.05) is 30.4 Å². The first-order valence-electron chi connectivity index (χ1n) is 9.46. The molecular weight excluding hydrogens is 378 g/mol. The van der Waals surface area contributed by atoms with Crippen LogP contribution >= 0.6 is 0 Å². The molecule has 2 aliphatic rings. The average Bonchev–Trinajstić information content (AvgIpc) is 3.09. The molecule has 0 unspecified atom stereocenters. The van der Waals surface area contributed by atoms with Crippen molar-refractivity contribution in [3.63, 3.8) is 0 Å². The van der Waals surface area contributed by atoms with E-state index in [4.69, 9.17) is 9.57 Å². The molecule has 1 aromatic carbocycles. The third kappa shape index (κ3) is 4.64. The van der Waals surface area contributed by atoms with Gasteiger partial charge in [0.2, 0.25) is 10.0 Å². The Bertz CT molecular complexity index is 786. The maximum Gasteiger partial charge on any atom is 0.221 e. The Labute approximate surface area is 167 Å². The summed E-state index contributed by atoms with van der Waals surface area (Å²) in [6.07, 6.45) is 5.69. The highest BCUT2D eigenvalue weighted by molar-refractivity contribution is 7.89. The van der Waals surface area contributed by atoms with Crippen LogP contribution in [-0.4, -0.2) is 87.5 Å². The van der Waals surface area contributed by atoms with Crippen LogP contribution in [0, 0.1) is 0 Å². The Balaban J connectivity index is 1.71. The molecule has 0 saturated carbocycles. The zero-order valence-electron chi connectivity index (χ0n) is 16.5. The predicted molar refractivity (Wildman–Crippen MR) is 110 cm³/mol. The van der Waals surface area contributed by atoms with Gasteiger partial charge in [0.05, 0.1) is 19.8 Å². The summed E-state index contributed by atoms with van der Waals surface area (Å²) >= 11 is 0. The highest BCUT2D eigenvalue weighted by Gasteiger charge is 2.44. The van der Waals surface area contributed by atoms with Crippen LogP contribution < -0.4 is 4.74 Å². The average molecular weight is 408 g/mol. The molecule has 0 N–H and O–H groups in total. The minimum atomic E-state index is -3.45. The minimum Gasteiger partial charge on any atom is -0.497 e.